The average Bonchev–Trinajstić information content (AvgIpc) is 3.38. The normalized spacial score (nSPS) is 14.9. The molecule has 1 aliphatic rings. The molecule has 0 saturated heterocycles. The topological polar surface area (TPSA) is 96.8 Å². The van der Waals surface area contributed by atoms with Gasteiger partial charge in [0.15, 0.2) is 11.6 Å². The third kappa shape index (κ3) is 3.42. The average molecular weight is 387 g/mol. The van der Waals surface area contributed by atoms with Crippen LogP contribution in [0, 0.1) is 5.82 Å². The number of nitrogens with zero attached hydrogens (tertiary/aromatic N) is 3. The molecular weight excluding hydrogens is 367 g/mol. The Morgan fingerprint density at radius 1 is 1.22 bits per heavy atom. The fraction of sp³-hybridized carbons (Fsp3) is 0.263. The number of rotatable bonds is 5. The van der Waals surface area contributed by atoms with Crippen LogP contribution < -0.4 is 16.4 Å². The third-order valence-electron chi connectivity index (χ3n) is 4.83. The molecule has 1 atom stereocenters. The number of nitrogen functional groups attached to an aromatic ring is 2. The summed E-state index contributed by atoms with van der Waals surface area (Å²) in [5, 5.41) is 7.94. The molecule has 6 nitrogen and oxygen atoms in total. The number of nitrogens with two attached hydrogens (primary N) is 2. The Balaban J connectivity index is 1.81. The van der Waals surface area contributed by atoms with Gasteiger partial charge < -0.3 is 16.4 Å². The lowest BCUT2D eigenvalue weighted by molar-refractivity contribution is 0.625. The molecule has 2 heterocycles. The molecule has 3 aromatic rings. The second-order valence-electron chi connectivity index (χ2n) is 6.82. The van der Waals surface area contributed by atoms with Crippen molar-refractivity contribution in [2.45, 2.75) is 31.7 Å². The molecule has 0 bridgehead atoms. The molecule has 1 aliphatic carbocycles. The monoisotopic (exact) mass is 386 g/mol. The number of pyridine rings is 1. The number of H-pyrrole nitrogens is 1. The Bertz CT molecular complexity index is 967. The summed E-state index contributed by atoms with van der Waals surface area (Å²) in [6, 6.07) is 9.69. The van der Waals surface area contributed by atoms with E-state index in [1.165, 1.54) is 12.1 Å². The first-order chi connectivity index (χ1) is 12.9. The summed E-state index contributed by atoms with van der Waals surface area (Å²) < 4.78 is 13.4. The molecule has 27 heavy (non-hydrogen) atoms. The van der Waals surface area contributed by atoms with Crippen LogP contribution in [0.3, 0.4) is 0 Å². The second-order valence-corrected chi connectivity index (χ2v) is 7.23. The number of hydrogen-bond acceptors (Lipinski definition) is 5. The Hall–Kier alpha value is -2.80. The molecule has 1 aromatic carbocycles. The van der Waals surface area contributed by atoms with Crippen molar-refractivity contribution in [3.8, 4) is 0 Å². The van der Waals surface area contributed by atoms with Crippen molar-refractivity contribution in [2.24, 2.45) is 0 Å². The molecule has 0 unspecified atom stereocenters. The van der Waals surface area contributed by atoms with Gasteiger partial charge in [-0.25, -0.2) is 9.37 Å². The van der Waals surface area contributed by atoms with E-state index in [1.54, 1.807) is 18.2 Å². The molecule has 0 amide bonds. The van der Waals surface area contributed by atoms with Gasteiger partial charge in [0.25, 0.3) is 0 Å². The first kappa shape index (κ1) is 17.6. The molecule has 2 aromatic heterocycles. The lowest BCUT2D eigenvalue weighted by Gasteiger charge is -2.29. The predicted molar refractivity (Wildman–Crippen MR) is 106 cm³/mol. The van der Waals surface area contributed by atoms with Crippen LogP contribution in [-0.4, -0.2) is 15.2 Å². The summed E-state index contributed by atoms with van der Waals surface area (Å²) in [5.74, 6) is 1.56. The number of aromatic nitrogens is 3. The summed E-state index contributed by atoms with van der Waals surface area (Å²) in [6.07, 6.45) is 2.31. The lowest BCUT2D eigenvalue weighted by atomic mass is 10.1. The quantitative estimate of drug-likeness (QED) is 0.598. The Labute approximate surface area is 161 Å². The minimum atomic E-state index is -0.291. The molecule has 5 N–H and O–H groups in total. The highest BCUT2D eigenvalue weighted by atomic mass is 35.5. The van der Waals surface area contributed by atoms with Gasteiger partial charge in [-0.1, -0.05) is 23.7 Å². The molecule has 0 spiro atoms. The molecule has 1 fully saturated rings. The SMILES string of the molecule is C[C@@H](c1ccc(F)cc1)N(c1cc(C2CC2)[nH]n1)c1nc(N)c(N)cc1Cl. The highest BCUT2D eigenvalue weighted by molar-refractivity contribution is 6.33. The molecule has 1 saturated carbocycles. The molecule has 0 aliphatic heterocycles. The number of anilines is 4. The van der Waals surface area contributed by atoms with Crippen molar-refractivity contribution in [1.29, 1.82) is 0 Å². The Morgan fingerprint density at radius 2 is 1.93 bits per heavy atom. The van der Waals surface area contributed by atoms with E-state index in [-0.39, 0.29) is 17.7 Å². The van der Waals surface area contributed by atoms with E-state index in [0.29, 0.717) is 28.3 Å². The zero-order chi connectivity index (χ0) is 19.1. The summed E-state index contributed by atoms with van der Waals surface area (Å²) in [5.41, 5.74) is 14.1. The maximum Gasteiger partial charge on any atom is 0.156 e. The van der Waals surface area contributed by atoms with Crippen LogP contribution in [0.15, 0.2) is 36.4 Å². The van der Waals surface area contributed by atoms with Gasteiger partial charge in [0.2, 0.25) is 0 Å². The summed E-state index contributed by atoms with van der Waals surface area (Å²) in [4.78, 5) is 6.28. The number of halogens is 2. The minimum Gasteiger partial charge on any atom is -0.396 e. The zero-order valence-corrected chi connectivity index (χ0v) is 15.5. The summed E-state index contributed by atoms with van der Waals surface area (Å²) in [7, 11) is 0. The number of hydrogen-bond donors (Lipinski definition) is 3. The zero-order valence-electron chi connectivity index (χ0n) is 14.8. The van der Waals surface area contributed by atoms with Gasteiger partial charge in [0, 0.05) is 17.7 Å². The largest absolute Gasteiger partial charge is 0.396 e. The van der Waals surface area contributed by atoms with Crippen LogP contribution in [-0.2, 0) is 0 Å². The minimum absolute atomic E-state index is 0.198. The Kier molecular flexibility index (Phi) is 4.39. The fourth-order valence-electron chi connectivity index (χ4n) is 3.11. The number of benzene rings is 1. The highest BCUT2D eigenvalue weighted by Gasteiger charge is 2.29. The maximum absolute atomic E-state index is 13.4. The molecule has 8 heteroatoms. The van der Waals surface area contributed by atoms with Crippen LogP contribution in [0.5, 0.6) is 0 Å². The standard InChI is InChI=1S/C19H20ClFN6/c1-10(11-4-6-13(21)7-5-11)27(17-9-16(25-26-17)12-2-3-12)19-14(20)8-15(22)18(23)24-19/h4-10,12H,2-3,22H2,1H3,(H2,23,24)(H,25,26)/t10-/m0/s1. The van der Waals surface area contributed by atoms with Crippen LogP contribution in [0.25, 0.3) is 0 Å². The molecule has 140 valence electrons. The predicted octanol–water partition coefficient (Wildman–Crippen LogP) is 4.54. The van der Waals surface area contributed by atoms with Gasteiger partial charge >= 0.3 is 0 Å². The van der Waals surface area contributed by atoms with E-state index in [9.17, 15) is 4.39 Å². The van der Waals surface area contributed by atoms with E-state index in [0.717, 1.165) is 24.1 Å². The van der Waals surface area contributed by atoms with Gasteiger partial charge in [-0.3, -0.25) is 5.10 Å². The first-order valence-corrected chi connectivity index (χ1v) is 9.13. The van der Waals surface area contributed by atoms with Crippen molar-refractivity contribution in [3.63, 3.8) is 0 Å². The van der Waals surface area contributed by atoms with Crippen LogP contribution in [0.1, 0.15) is 43.0 Å². The summed E-state index contributed by atoms with van der Waals surface area (Å²) >= 11 is 6.45. The second kappa shape index (κ2) is 6.74. The van der Waals surface area contributed by atoms with Gasteiger partial charge in [0.05, 0.1) is 16.8 Å². The van der Waals surface area contributed by atoms with Gasteiger partial charge in [-0.15, -0.1) is 0 Å². The van der Waals surface area contributed by atoms with Crippen molar-refractivity contribution in [3.05, 3.63) is 58.5 Å². The maximum atomic E-state index is 13.4. The fourth-order valence-corrected chi connectivity index (χ4v) is 3.36. The van der Waals surface area contributed by atoms with Crippen molar-refractivity contribution in [1.82, 2.24) is 15.2 Å². The van der Waals surface area contributed by atoms with E-state index in [4.69, 9.17) is 23.1 Å². The van der Waals surface area contributed by atoms with Crippen molar-refractivity contribution >= 4 is 34.7 Å². The van der Waals surface area contributed by atoms with Gasteiger partial charge in [0.1, 0.15) is 11.6 Å². The van der Waals surface area contributed by atoms with Crippen LogP contribution >= 0.6 is 11.6 Å². The van der Waals surface area contributed by atoms with Crippen molar-refractivity contribution < 1.29 is 4.39 Å². The number of nitrogens with one attached hydrogen (secondary N) is 1. The first-order valence-electron chi connectivity index (χ1n) is 8.75. The summed E-state index contributed by atoms with van der Waals surface area (Å²) in [6.45, 7) is 1.98. The van der Waals surface area contributed by atoms with E-state index < -0.39 is 0 Å². The lowest BCUT2D eigenvalue weighted by Crippen LogP contribution is -2.24. The molecular formula is C19H20ClFN6. The van der Waals surface area contributed by atoms with Crippen LogP contribution in [0.2, 0.25) is 5.02 Å². The number of aromatic amines is 1. The van der Waals surface area contributed by atoms with Gasteiger partial charge in [-0.05, 0) is 43.5 Å². The molecule has 4 rings (SSSR count). The Morgan fingerprint density at radius 3 is 2.59 bits per heavy atom. The van der Waals surface area contributed by atoms with Crippen molar-refractivity contribution in [2.75, 3.05) is 16.4 Å². The van der Waals surface area contributed by atoms with E-state index in [1.807, 2.05) is 17.9 Å². The molecule has 0 radical (unpaired) electrons. The van der Waals surface area contributed by atoms with E-state index >= 15 is 0 Å². The highest BCUT2D eigenvalue weighted by Crippen LogP contribution is 2.43. The van der Waals surface area contributed by atoms with Gasteiger partial charge in [-0.2, -0.15) is 5.10 Å². The van der Waals surface area contributed by atoms with E-state index in [2.05, 4.69) is 15.2 Å². The third-order valence-corrected chi connectivity index (χ3v) is 5.11. The van der Waals surface area contributed by atoms with Crippen LogP contribution in [0.4, 0.5) is 27.5 Å². The smallest absolute Gasteiger partial charge is 0.156 e.